The number of hydrazine groups is 1. The summed E-state index contributed by atoms with van der Waals surface area (Å²) in [6, 6.07) is 26.9. The molecule has 3 N–H and O–H groups in total. The summed E-state index contributed by atoms with van der Waals surface area (Å²) in [7, 11) is 0. The number of nitrogens with one attached hydrogen (secondary N) is 3. The largest absolute Gasteiger partial charge is 0.352 e. The van der Waals surface area contributed by atoms with Crippen molar-refractivity contribution in [3.05, 3.63) is 96.1 Å². The van der Waals surface area contributed by atoms with E-state index in [1.54, 1.807) is 6.07 Å². The molecule has 0 unspecified atom stereocenters. The monoisotopic (exact) mass is 479 g/mol. The van der Waals surface area contributed by atoms with Gasteiger partial charge >= 0.3 is 0 Å². The molecule has 5 rings (SSSR count). The second-order valence-corrected chi connectivity index (χ2v) is 9.46. The van der Waals surface area contributed by atoms with E-state index in [9.17, 15) is 14.4 Å². The van der Waals surface area contributed by atoms with Crippen molar-refractivity contribution in [3.63, 3.8) is 0 Å². The minimum absolute atomic E-state index is 0.0724. The lowest BCUT2D eigenvalue weighted by Crippen LogP contribution is -2.45. The fraction of sp³-hybridized carbons (Fsp3) is 0.233. The Morgan fingerprint density at radius 2 is 1.36 bits per heavy atom. The van der Waals surface area contributed by atoms with E-state index in [1.807, 2.05) is 78.9 Å². The summed E-state index contributed by atoms with van der Waals surface area (Å²) >= 11 is 0. The molecule has 0 atom stereocenters. The molecule has 0 bridgehead atoms. The summed E-state index contributed by atoms with van der Waals surface area (Å²) in [6.45, 7) is 0.595. The summed E-state index contributed by atoms with van der Waals surface area (Å²) in [6.07, 6.45) is 3.17. The van der Waals surface area contributed by atoms with Crippen molar-refractivity contribution in [3.8, 4) is 0 Å². The van der Waals surface area contributed by atoms with Crippen LogP contribution < -0.4 is 16.2 Å². The number of hydrogen-bond acceptors (Lipinski definition) is 3. The molecule has 0 saturated heterocycles. The van der Waals surface area contributed by atoms with Gasteiger partial charge in [0.2, 0.25) is 5.91 Å². The van der Waals surface area contributed by atoms with Crippen LogP contribution in [0.5, 0.6) is 0 Å². The van der Waals surface area contributed by atoms with Gasteiger partial charge in [0, 0.05) is 23.6 Å². The second kappa shape index (κ2) is 10.6. The molecule has 6 heteroatoms. The molecule has 0 radical (unpaired) electrons. The van der Waals surface area contributed by atoms with E-state index in [0.29, 0.717) is 23.6 Å². The van der Waals surface area contributed by atoms with Gasteiger partial charge in [-0.15, -0.1) is 0 Å². The molecule has 0 heterocycles. The molecule has 1 saturated carbocycles. The number of carbonyl (C=O) groups excluding carboxylic acids is 3. The van der Waals surface area contributed by atoms with Crippen LogP contribution in [0.3, 0.4) is 0 Å². The summed E-state index contributed by atoms with van der Waals surface area (Å²) in [5.74, 6) is -0.377. The zero-order valence-corrected chi connectivity index (χ0v) is 20.0. The first-order chi connectivity index (χ1) is 17.6. The Kier molecular flexibility index (Phi) is 6.94. The van der Waals surface area contributed by atoms with Crippen molar-refractivity contribution < 1.29 is 14.4 Å². The Hall–Kier alpha value is -4.19. The molecule has 182 valence electrons. The molecule has 0 aromatic heterocycles. The lowest BCUT2D eigenvalue weighted by Gasteiger charge is -2.28. The van der Waals surface area contributed by atoms with Gasteiger partial charge in [0.25, 0.3) is 11.8 Å². The van der Waals surface area contributed by atoms with E-state index < -0.39 is 0 Å². The number of hydrogen-bond donors (Lipinski definition) is 3. The van der Waals surface area contributed by atoms with E-state index in [2.05, 4.69) is 16.2 Å². The van der Waals surface area contributed by atoms with Crippen molar-refractivity contribution >= 4 is 39.3 Å². The van der Waals surface area contributed by atoms with Crippen LogP contribution in [0.2, 0.25) is 0 Å². The number of carbonyl (C=O) groups is 3. The average Bonchev–Trinajstić information content (AvgIpc) is 2.94. The smallest absolute Gasteiger partial charge is 0.270 e. The third-order valence-electron chi connectivity index (χ3n) is 7.11. The first-order valence-electron chi connectivity index (χ1n) is 12.4. The molecule has 1 fully saturated rings. The lowest BCUT2D eigenvalue weighted by molar-refractivity contribution is -0.127. The van der Waals surface area contributed by atoms with Gasteiger partial charge in [0.1, 0.15) is 0 Å². The van der Waals surface area contributed by atoms with Gasteiger partial charge in [0.15, 0.2) is 0 Å². The van der Waals surface area contributed by atoms with Crippen LogP contribution in [0.1, 0.15) is 46.4 Å². The Labute approximate surface area is 210 Å². The van der Waals surface area contributed by atoms with Crippen molar-refractivity contribution in [2.24, 2.45) is 11.8 Å². The van der Waals surface area contributed by atoms with Crippen LogP contribution in [0.25, 0.3) is 21.5 Å². The highest BCUT2D eigenvalue weighted by Crippen LogP contribution is 2.28. The standard InChI is InChI=1S/C30H29N3O3/c34-28(25-17-16-21-6-1-2-8-24(21)18-25)31-19-20-12-14-23(15-13-20)29(35)32-33-30(36)27-11-5-9-22-7-3-4-10-26(22)27/h1-11,16-18,20,23H,12-15,19H2,(H,31,34)(H,32,35)(H,33,36). The summed E-state index contributed by atoms with van der Waals surface area (Å²) in [4.78, 5) is 38.0. The lowest BCUT2D eigenvalue weighted by atomic mass is 9.81. The SMILES string of the molecule is O=C(NCC1CCC(C(=O)NNC(=O)c2cccc3ccccc23)CC1)c1ccc2ccccc2c1. The van der Waals surface area contributed by atoms with Crippen LogP contribution in [-0.4, -0.2) is 24.3 Å². The van der Waals surface area contributed by atoms with E-state index in [1.165, 1.54) is 0 Å². The molecular weight excluding hydrogens is 450 g/mol. The highest BCUT2D eigenvalue weighted by atomic mass is 16.2. The zero-order chi connectivity index (χ0) is 24.9. The van der Waals surface area contributed by atoms with Gasteiger partial charge in [-0.25, -0.2) is 0 Å². The average molecular weight is 480 g/mol. The number of amides is 3. The van der Waals surface area contributed by atoms with Crippen LogP contribution in [-0.2, 0) is 4.79 Å². The zero-order valence-electron chi connectivity index (χ0n) is 20.0. The molecule has 36 heavy (non-hydrogen) atoms. The number of rotatable bonds is 5. The third kappa shape index (κ3) is 5.23. The first-order valence-corrected chi connectivity index (χ1v) is 12.4. The highest BCUT2D eigenvalue weighted by molar-refractivity contribution is 6.07. The topological polar surface area (TPSA) is 87.3 Å². The van der Waals surface area contributed by atoms with Crippen LogP contribution in [0, 0.1) is 11.8 Å². The summed E-state index contributed by atoms with van der Waals surface area (Å²) in [5.41, 5.74) is 6.37. The normalized spacial score (nSPS) is 17.4. The molecule has 6 nitrogen and oxygen atoms in total. The maximum absolute atomic E-state index is 12.7. The molecule has 0 aliphatic heterocycles. The molecular formula is C30H29N3O3. The molecule has 1 aliphatic rings. The van der Waals surface area contributed by atoms with E-state index in [-0.39, 0.29) is 23.6 Å². The minimum atomic E-state index is -0.328. The first kappa shape index (κ1) is 23.5. The maximum atomic E-state index is 12.7. The molecule has 1 aliphatic carbocycles. The van der Waals surface area contributed by atoms with Gasteiger partial charge in [-0.05, 0) is 71.3 Å². The third-order valence-corrected chi connectivity index (χ3v) is 7.11. The van der Waals surface area contributed by atoms with E-state index >= 15 is 0 Å². The molecule has 4 aromatic rings. The Bertz CT molecular complexity index is 1420. The van der Waals surface area contributed by atoms with Gasteiger partial charge in [-0.1, -0.05) is 66.7 Å². The molecule has 3 amide bonds. The molecule has 4 aromatic carbocycles. The number of benzene rings is 4. The van der Waals surface area contributed by atoms with Gasteiger partial charge < -0.3 is 5.32 Å². The summed E-state index contributed by atoms with van der Waals surface area (Å²) < 4.78 is 0. The fourth-order valence-corrected chi connectivity index (χ4v) is 5.01. The maximum Gasteiger partial charge on any atom is 0.270 e. The van der Waals surface area contributed by atoms with Crippen molar-refractivity contribution in [2.45, 2.75) is 25.7 Å². The minimum Gasteiger partial charge on any atom is -0.352 e. The van der Waals surface area contributed by atoms with Gasteiger partial charge in [0.05, 0.1) is 0 Å². The van der Waals surface area contributed by atoms with Crippen molar-refractivity contribution in [1.82, 2.24) is 16.2 Å². The summed E-state index contributed by atoms with van der Waals surface area (Å²) in [5, 5.41) is 7.03. The Morgan fingerprint density at radius 1 is 0.667 bits per heavy atom. The van der Waals surface area contributed by atoms with Crippen LogP contribution >= 0.6 is 0 Å². The van der Waals surface area contributed by atoms with Gasteiger partial charge in [-0.2, -0.15) is 0 Å². The molecule has 0 spiro atoms. The fourth-order valence-electron chi connectivity index (χ4n) is 5.01. The second-order valence-electron chi connectivity index (χ2n) is 9.46. The van der Waals surface area contributed by atoms with Crippen molar-refractivity contribution in [2.75, 3.05) is 6.54 Å². The highest BCUT2D eigenvalue weighted by Gasteiger charge is 2.27. The van der Waals surface area contributed by atoms with Crippen LogP contribution in [0.4, 0.5) is 0 Å². The predicted octanol–water partition coefficient (Wildman–Crippen LogP) is 4.99. The van der Waals surface area contributed by atoms with Crippen molar-refractivity contribution in [1.29, 1.82) is 0 Å². The quantitative estimate of drug-likeness (QED) is 0.353. The Balaban J connectivity index is 1.08. The Morgan fingerprint density at radius 3 is 2.17 bits per heavy atom. The van der Waals surface area contributed by atoms with E-state index in [0.717, 1.165) is 47.2 Å². The predicted molar refractivity (Wildman–Crippen MR) is 141 cm³/mol. The number of fused-ring (bicyclic) bond motifs is 2. The van der Waals surface area contributed by atoms with E-state index in [4.69, 9.17) is 0 Å². The van der Waals surface area contributed by atoms with Gasteiger partial charge in [-0.3, -0.25) is 25.2 Å². The van der Waals surface area contributed by atoms with Crippen LogP contribution in [0.15, 0.2) is 84.9 Å².